The highest BCUT2D eigenvalue weighted by molar-refractivity contribution is 7.27. The molecule has 0 aliphatic rings. The molecule has 20 heteroatoms. The van der Waals surface area contributed by atoms with Crippen LogP contribution in [0.1, 0.15) is 49.9 Å². The molecule has 4 aromatic carbocycles. The molecule has 0 nitrogen and oxygen atoms in total. The Balaban J connectivity index is 0.00000140. The lowest BCUT2D eigenvalue weighted by atomic mass is 9.63. The fraction of sp³-hybridized carbons (Fsp3) is 0.161. The smallest absolute Gasteiger partial charge is 0.200 e. The Morgan fingerprint density at radius 1 is 0.333 bits per heavy atom. The largest absolute Gasteiger partial charge is 0.203 e. The average molecular weight is 780 g/mol. The topological polar surface area (TPSA) is 0 Å². The van der Waals surface area contributed by atoms with E-state index < -0.39 is 144 Å². The molecular weight excluding hydrogens is 764 g/mol. The predicted molar refractivity (Wildman–Crippen MR) is 145 cm³/mol. The van der Waals surface area contributed by atoms with E-state index in [1.54, 1.807) is 0 Å². The minimum absolute atomic E-state index is 0.730. The molecule has 0 fully saturated rings. The van der Waals surface area contributed by atoms with E-state index in [-0.39, 0.29) is 0 Å². The van der Waals surface area contributed by atoms with Crippen LogP contribution in [0, 0.1) is 111 Å². The quantitative estimate of drug-likeness (QED) is 0.0483. The van der Waals surface area contributed by atoms with Crippen LogP contribution in [0.3, 0.4) is 0 Å². The van der Waals surface area contributed by atoms with Crippen molar-refractivity contribution in [1.29, 1.82) is 0 Å². The van der Waals surface area contributed by atoms with Crippen molar-refractivity contribution in [2.24, 2.45) is 0 Å². The molecule has 0 bridgehead atoms. The molecule has 0 saturated heterocycles. The molecule has 0 radical (unpaired) electrons. The van der Waals surface area contributed by atoms with E-state index >= 15 is 30.7 Å². The van der Waals surface area contributed by atoms with Gasteiger partial charge in [0.2, 0.25) is 17.5 Å². The fourth-order valence-corrected chi connectivity index (χ4v) is 5.04. The first kappa shape index (κ1) is 42.9. The molecular formula is C31H16F19P. The van der Waals surface area contributed by atoms with E-state index in [0.717, 1.165) is 9.24 Å². The van der Waals surface area contributed by atoms with Gasteiger partial charge in [-0.25, -0.2) is 83.4 Å². The molecule has 0 amide bonds. The maximum Gasteiger partial charge on any atom is 0.200 e. The number of hydrogen-bond donors (Lipinski definition) is 0. The Kier molecular flexibility index (Phi) is 13.1. The zero-order valence-electron chi connectivity index (χ0n) is 25.5. The summed E-state index contributed by atoms with van der Waals surface area (Å²) >= 11 is 0. The van der Waals surface area contributed by atoms with Crippen LogP contribution in [0.15, 0.2) is 12.2 Å². The highest BCUT2D eigenvalue weighted by Gasteiger charge is 2.57. The number of allylic oxidation sites excluding steroid dienone is 1. The summed E-state index contributed by atoms with van der Waals surface area (Å²) in [5.41, 5.74) is -17.8. The van der Waals surface area contributed by atoms with Crippen LogP contribution in [0.4, 0.5) is 83.4 Å². The number of rotatable bonds is 4. The van der Waals surface area contributed by atoms with Crippen LogP contribution in [-0.2, 0) is 5.41 Å². The zero-order chi connectivity index (χ0) is 39.9. The SMILES string of the molecule is C=C(C)C.CC.Fc1c(F)c(F)c(C(c2c(F)c(F)c(F)c(F)c2F)(c2c(F)c(F)c(F)c(F)c2F)c2c(F)c(F)c(F)c(F)c2P)c(F)c1F. The summed E-state index contributed by atoms with van der Waals surface area (Å²) in [5, 5.41) is -2.33. The van der Waals surface area contributed by atoms with Gasteiger partial charge in [0.05, 0.1) is 5.41 Å². The van der Waals surface area contributed by atoms with Crippen molar-refractivity contribution in [1.82, 2.24) is 0 Å². The Bertz CT molecular complexity index is 1670. The molecule has 0 saturated carbocycles. The van der Waals surface area contributed by atoms with Gasteiger partial charge in [0.15, 0.2) is 93.1 Å². The van der Waals surface area contributed by atoms with Crippen molar-refractivity contribution < 1.29 is 83.4 Å². The monoisotopic (exact) mass is 780 g/mol. The lowest BCUT2D eigenvalue weighted by molar-refractivity contribution is 0.325. The lowest BCUT2D eigenvalue weighted by Crippen LogP contribution is -2.44. The Hall–Kier alpha value is -4.28. The first-order valence-electron chi connectivity index (χ1n) is 13.2. The average Bonchev–Trinajstić information content (AvgIpc) is 3.08. The second-order valence-electron chi connectivity index (χ2n) is 9.84. The Labute approximate surface area is 276 Å². The van der Waals surface area contributed by atoms with Gasteiger partial charge in [-0.3, -0.25) is 0 Å². The maximum atomic E-state index is 15.6. The van der Waals surface area contributed by atoms with Crippen LogP contribution < -0.4 is 5.30 Å². The summed E-state index contributed by atoms with van der Waals surface area (Å²) in [5.74, 6) is -64.6. The number of hydrogen-bond acceptors (Lipinski definition) is 0. The second kappa shape index (κ2) is 15.5. The normalized spacial score (nSPS) is 11.2. The van der Waals surface area contributed by atoms with Gasteiger partial charge in [-0.2, -0.15) is 0 Å². The van der Waals surface area contributed by atoms with Crippen molar-refractivity contribution in [3.8, 4) is 0 Å². The van der Waals surface area contributed by atoms with E-state index in [1.807, 2.05) is 27.7 Å². The van der Waals surface area contributed by atoms with Gasteiger partial charge in [-0.15, -0.1) is 15.8 Å². The van der Waals surface area contributed by atoms with Gasteiger partial charge in [0, 0.05) is 27.6 Å². The van der Waals surface area contributed by atoms with E-state index in [0.29, 0.717) is 0 Å². The highest BCUT2D eigenvalue weighted by atomic mass is 31.0. The van der Waals surface area contributed by atoms with Crippen molar-refractivity contribution in [3.63, 3.8) is 0 Å². The Morgan fingerprint density at radius 2 is 0.471 bits per heavy atom. The van der Waals surface area contributed by atoms with Crippen LogP contribution in [0.25, 0.3) is 0 Å². The third-order valence-corrected chi connectivity index (χ3v) is 6.97. The third kappa shape index (κ3) is 6.53. The third-order valence-electron chi connectivity index (χ3n) is 6.43. The first-order chi connectivity index (χ1) is 23.4. The van der Waals surface area contributed by atoms with Gasteiger partial charge in [-0.05, 0) is 13.8 Å². The van der Waals surface area contributed by atoms with Crippen LogP contribution in [0.5, 0.6) is 0 Å². The van der Waals surface area contributed by atoms with Gasteiger partial charge >= 0.3 is 0 Å². The molecule has 278 valence electrons. The second-order valence-corrected chi connectivity index (χ2v) is 10.4. The van der Waals surface area contributed by atoms with Gasteiger partial charge in [-0.1, -0.05) is 19.4 Å². The summed E-state index contributed by atoms with van der Waals surface area (Å²) < 4.78 is 281. The highest BCUT2D eigenvalue weighted by Crippen LogP contribution is 2.53. The van der Waals surface area contributed by atoms with E-state index in [2.05, 4.69) is 6.58 Å². The zero-order valence-corrected chi connectivity index (χ0v) is 26.6. The van der Waals surface area contributed by atoms with Gasteiger partial charge in [0.1, 0.15) is 0 Å². The first-order valence-corrected chi connectivity index (χ1v) is 13.8. The molecule has 0 aromatic heterocycles. The molecule has 4 rings (SSSR count). The molecule has 51 heavy (non-hydrogen) atoms. The molecule has 0 aliphatic carbocycles. The van der Waals surface area contributed by atoms with Crippen molar-refractivity contribution in [3.05, 3.63) is 145 Å². The standard InChI is InChI=1S/C25H2F19P.C4H8.C2H6/c26-5-1(6(27)13(34)19(40)12(5)33)25(2-7(28)14(35)20(41)15(36)8(2)29,3-9(30)16(37)21(42)17(38)10(3)31)4-11(32)18(39)22(43)23(44)24(4)45;1-4(2)3;1-2/h45H2;1H2,2-3H3;1-2H3. The maximum absolute atomic E-state index is 15.6. The minimum atomic E-state index is -5.74. The van der Waals surface area contributed by atoms with E-state index in [1.165, 1.54) is 5.57 Å². The molecule has 0 N–H and O–H groups in total. The van der Waals surface area contributed by atoms with E-state index in [9.17, 15) is 52.7 Å². The molecule has 1 unspecified atom stereocenters. The number of halogens is 19. The van der Waals surface area contributed by atoms with Crippen LogP contribution >= 0.6 is 9.24 Å². The minimum Gasteiger partial charge on any atom is -0.203 e. The summed E-state index contributed by atoms with van der Waals surface area (Å²) in [4.78, 5) is 0. The van der Waals surface area contributed by atoms with Crippen molar-refractivity contribution in [2.75, 3.05) is 0 Å². The molecule has 4 aromatic rings. The van der Waals surface area contributed by atoms with Crippen LogP contribution in [-0.4, -0.2) is 0 Å². The van der Waals surface area contributed by atoms with Crippen molar-refractivity contribution in [2.45, 2.75) is 33.1 Å². The summed E-state index contributed by atoms with van der Waals surface area (Å²) in [7, 11) is 0.730. The summed E-state index contributed by atoms with van der Waals surface area (Å²) in [6, 6.07) is 0. The van der Waals surface area contributed by atoms with Gasteiger partial charge in [0.25, 0.3) is 0 Å². The molecule has 0 aliphatic heterocycles. The molecule has 1 atom stereocenters. The predicted octanol–water partition coefficient (Wildman–Crippen LogP) is 10.8. The summed E-state index contributed by atoms with van der Waals surface area (Å²) in [6.45, 7) is 11.5. The number of benzene rings is 4. The van der Waals surface area contributed by atoms with Gasteiger partial charge < -0.3 is 0 Å². The fourth-order valence-electron chi connectivity index (χ4n) is 4.57. The Morgan fingerprint density at radius 3 is 0.667 bits per heavy atom. The van der Waals surface area contributed by atoms with Crippen LogP contribution in [0.2, 0.25) is 0 Å². The van der Waals surface area contributed by atoms with E-state index in [4.69, 9.17) is 0 Å². The summed E-state index contributed by atoms with van der Waals surface area (Å²) in [6.07, 6.45) is 0. The lowest BCUT2D eigenvalue weighted by Gasteiger charge is -2.39. The molecule has 0 heterocycles. The van der Waals surface area contributed by atoms with Crippen molar-refractivity contribution >= 4 is 14.5 Å². The molecule has 0 spiro atoms.